The molecular weight excluding hydrogens is 204 g/mol. The third kappa shape index (κ3) is 2.58. The van der Waals surface area contributed by atoms with Crippen LogP contribution in [0.1, 0.15) is 46.5 Å². The van der Waals surface area contributed by atoms with Crippen LogP contribution < -0.4 is 0 Å². The predicted octanol–water partition coefficient (Wildman–Crippen LogP) is 1.55. The first-order valence-corrected chi connectivity index (χ1v) is 6.40. The van der Waals surface area contributed by atoms with E-state index >= 15 is 0 Å². The van der Waals surface area contributed by atoms with Gasteiger partial charge in [-0.25, -0.2) is 0 Å². The molecule has 0 spiro atoms. The maximum atomic E-state index is 10.2. The SMILES string of the molecule is CC(C)C1CCCCC1(C)C(O)C(O)CO. The number of hydrogen-bond acceptors (Lipinski definition) is 3. The van der Waals surface area contributed by atoms with Crippen molar-refractivity contribution in [2.24, 2.45) is 17.3 Å². The van der Waals surface area contributed by atoms with E-state index in [0.717, 1.165) is 19.3 Å². The Kier molecular flexibility index (Phi) is 4.77. The number of aliphatic hydroxyl groups excluding tert-OH is 3. The van der Waals surface area contributed by atoms with Crippen molar-refractivity contribution in [1.29, 1.82) is 0 Å². The quantitative estimate of drug-likeness (QED) is 0.687. The van der Waals surface area contributed by atoms with Gasteiger partial charge in [-0.1, -0.05) is 33.6 Å². The highest BCUT2D eigenvalue weighted by atomic mass is 16.4. The molecule has 96 valence electrons. The molecule has 1 aliphatic carbocycles. The highest BCUT2D eigenvalue weighted by molar-refractivity contribution is 4.95. The summed E-state index contributed by atoms with van der Waals surface area (Å²) in [4.78, 5) is 0. The summed E-state index contributed by atoms with van der Waals surface area (Å²) >= 11 is 0. The Morgan fingerprint density at radius 1 is 1.25 bits per heavy atom. The molecule has 1 saturated carbocycles. The molecule has 16 heavy (non-hydrogen) atoms. The molecule has 0 aromatic heterocycles. The van der Waals surface area contributed by atoms with E-state index in [-0.39, 0.29) is 12.0 Å². The van der Waals surface area contributed by atoms with Crippen LogP contribution in [0.4, 0.5) is 0 Å². The van der Waals surface area contributed by atoms with Crippen LogP contribution in [0.15, 0.2) is 0 Å². The van der Waals surface area contributed by atoms with E-state index < -0.39 is 12.2 Å². The zero-order chi connectivity index (χ0) is 12.3. The summed E-state index contributed by atoms with van der Waals surface area (Å²) in [6.07, 6.45) is 2.54. The molecule has 1 fully saturated rings. The lowest BCUT2D eigenvalue weighted by Crippen LogP contribution is -2.50. The van der Waals surface area contributed by atoms with Crippen LogP contribution >= 0.6 is 0 Å². The fraction of sp³-hybridized carbons (Fsp3) is 1.00. The minimum atomic E-state index is -1.01. The molecule has 4 atom stereocenters. The number of rotatable bonds is 4. The van der Waals surface area contributed by atoms with E-state index in [0.29, 0.717) is 11.8 Å². The third-order valence-electron chi connectivity index (χ3n) is 4.36. The Balaban J connectivity index is 2.84. The number of hydrogen-bond donors (Lipinski definition) is 3. The maximum Gasteiger partial charge on any atom is 0.103 e. The van der Waals surface area contributed by atoms with Crippen molar-refractivity contribution in [2.45, 2.75) is 58.7 Å². The van der Waals surface area contributed by atoms with Crippen molar-refractivity contribution < 1.29 is 15.3 Å². The lowest BCUT2D eigenvalue weighted by Gasteiger charge is -2.48. The summed E-state index contributed by atoms with van der Waals surface area (Å²) < 4.78 is 0. The van der Waals surface area contributed by atoms with Gasteiger partial charge < -0.3 is 15.3 Å². The summed E-state index contributed by atoms with van der Waals surface area (Å²) in [5, 5.41) is 28.8. The molecule has 3 nitrogen and oxygen atoms in total. The van der Waals surface area contributed by atoms with Gasteiger partial charge in [0, 0.05) is 0 Å². The first-order chi connectivity index (χ1) is 7.43. The van der Waals surface area contributed by atoms with Gasteiger partial charge in [-0.3, -0.25) is 0 Å². The van der Waals surface area contributed by atoms with Crippen LogP contribution in [0.2, 0.25) is 0 Å². The van der Waals surface area contributed by atoms with Crippen molar-refractivity contribution in [3.63, 3.8) is 0 Å². The average molecular weight is 230 g/mol. The topological polar surface area (TPSA) is 60.7 Å². The minimum absolute atomic E-state index is 0.255. The van der Waals surface area contributed by atoms with Crippen molar-refractivity contribution in [1.82, 2.24) is 0 Å². The Morgan fingerprint density at radius 3 is 2.38 bits per heavy atom. The molecule has 0 radical (unpaired) electrons. The van der Waals surface area contributed by atoms with Crippen LogP contribution in [-0.4, -0.2) is 34.1 Å². The van der Waals surface area contributed by atoms with Crippen LogP contribution in [0, 0.1) is 17.3 Å². The van der Waals surface area contributed by atoms with E-state index in [2.05, 4.69) is 20.8 Å². The monoisotopic (exact) mass is 230 g/mol. The smallest absolute Gasteiger partial charge is 0.103 e. The van der Waals surface area contributed by atoms with Gasteiger partial charge >= 0.3 is 0 Å². The second-order valence-corrected chi connectivity index (χ2v) is 5.80. The molecule has 4 unspecified atom stereocenters. The lowest BCUT2D eigenvalue weighted by atomic mass is 9.60. The number of aliphatic hydroxyl groups is 3. The highest BCUT2D eigenvalue weighted by Crippen LogP contribution is 2.47. The summed E-state index contributed by atoms with van der Waals surface area (Å²) in [5.41, 5.74) is -0.255. The molecule has 1 aliphatic rings. The average Bonchev–Trinajstić information content (AvgIpc) is 2.27. The van der Waals surface area contributed by atoms with Gasteiger partial charge in [0.15, 0.2) is 0 Å². The van der Waals surface area contributed by atoms with Gasteiger partial charge in [0.05, 0.1) is 12.7 Å². The first-order valence-electron chi connectivity index (χ1n) is 6.40. The maximum absolute atomic E-state index is 10.2. The predicted molar refractivity (Wildman–Crippen MR) is 64.0 cm³/mol. The molecule has 0 aromatic rings. The molecule has 0 aliphatic heterocycles. The van der Waals surface area contributed by atoms with Crippen LogP contribution in [-0.2, 0) is 0 Å². The zero-order valence-corrected chi connectivity index (χ0v) is 10.7. The zero-order valence-electron chi connectivity index (χ0n) is 10.7. The van der Waals surface area contributed by atoms with E-state index in [4.69, 9.17) is 5.11 Å². The lowest BCUT2D eigenvalue weighted by molar-refractivity contribution is -0.120. The Bertz CT molecular complexity index is 217. The summed E-state index contributed by atoms with van der Waals surface area (Å²) in [7, 11) is 0. The Morgan fingerprint density at radius 2 is 1.88 bits per heavy atom. The third-order valence-corrected chi connectivity index (χ3v) is 4.36. The van der Waals surface area contributed by atoms with Crippen LogP contribution in [0.3, 0.4) is 0 Å². The van der Waals surface area contributed by atoms with E-state index in [1.165, 1.54) is 6.42 Å². The molecule has 0 heterocycles. The van der Waals surface area contributed by atoms with Crippen LogP contribution in [0.25, 0.3) is 0 Å². The fourth-order valence-electron chi connectivity index (χ4n) is 3.39. The van der Waals surface area contributed by atoms with Crippen molar-refractivity contribution in [3.05, 3.63) is 0 Å². The summed E-state index contributed by atoms with van der Waals surface area (Å²) in [5.74, 6) is 0.934. The molecule has 0 amide bonds. The second kappa shape index (κ2) is 5.48. The van der Waals surface area contributed by atoms with E-state index in [9.17, 15) is 10.2 Å². The molecular formula is C13H26O3. The largest absolute Gasteiger partial charge is 0.394 e. The van der Waals surface area contributed by atoms with Gasteiger partial charge in [-0.15, -0.1) is 0 Å². The van der Waals surface area contributed by atoms with Crippen molar-refractivity contribution in [3.8, 4) is 0 Å². The van der Waals surface area contributed by atoms with Gasteiger partial charge in [0.2, 0.25) is 0 Å². The molecule has 3 N–H and O–H groups in total. The van der Waals surface area contributed by atoms with Gasteiger partial charge in [-0.2, -0.15) is 0 Å². The summed E-state index contributed by atoms with van der Waals surface area (Å²) in [6, 6.07) is 0. The molecule has 0 bridgehead atoms. The van der Waals surface area contributed by atoms with Gasteiger partial charge in [0.1, 0.15) is 6.10 Å². The molecule has 0 saturated heterocycles. The molecule has 1 rings (SSSR count). The highest BCUT2D eigenvalue weighted by Gasteiger charge is 2.45. The summed E-state index contributed by atoms with van der Waals surface area (Å²) in [6.45, 7) is 6.04. The molecule has 0 aromatic carbocycles. The van der Waals surface area contributed by atoms with Gasteiger partial charge in [0.25, 0.3) is 0 Å². The van der Waals surface area contributed by atoms with Crippen molar-refractivity contribution >= 4 is 0 Å². The first kappa shape index (κ1) is 13.9. The van der Waals surface area contributed by atoms with Crippen LogP contribution in [0.5, 0.6) is 0 Å². The Hall–Kier alpha value is -0.120. The standard InChI is InChI=1S/C13H26O3/c1-9(2)10-6-4-5-7-13(10,3)12(16)11(15)8-14/h9-12,14-16H,4-8H2,1-3H3. The fourth-order valence-corrected chi connectivity index (χ4v) is 3.39. The molecule has 3 heteroatoms. The Labute approximate surface area is 98.5 Å². The normalized spacial score (nSPS) is 35.1. The van der Waals surface area contributed by atoms with E-state index in [1.807, 2.05) is 0 Å². The minimum Gasteiger partial charge on any atom is -0.394 e. The van der Waals surface area contributed by atoms with E-state index in [1.54, 1.807) is 0 Å². The van der Waals surface area contributed by atoms with Gasteiger partial charge in [-0.05, 0) is 30.1 Å². The second-order valence-electron chi connectivity index (χ2n) is 5.80. The van der Waals surface area contributed by atoms with Crippen molar-refractivity contribution in [2.75, 3.05) is 6.61 Å².